The second-order valence-corrected chi connectivity index (χ2v) is 6.60. The maximum atomic E-state index is 12.9. The van der Waals surface area contributed by atoms with E-state index in [2.05, 4.69) is 48.2 Å². The lowest BCUT2D eigenvalue weighted by molar-refractivity contribution is 0.0769. The zero-order valence-corrected chi connectivity index (χ0v) is 15.1. The third kappa shape index (κ3) is 2.77. The number of benzene rings is 2. The number of carbonyl (C=O) groups excluding carboxylic acids is 1. The number of methoxy groups -OCH3 is 1. The number of hydrogen-bond donors (Lipinski definition) is 0. The third-order valence-corrected chi connectivity index (χ3v) is 5.08. The molecule has 0 saturated carbocycles. The predicted molar refractivity (Wildman–Crippen MR) is 104 cm³/mol. The van der Waals surface area contributed by atoms with Gasteiger partial charge in [-0.1, -0.05) is 36.4 Å². The summed E-state index contributed by atoms with van der Waals surface area (Å²) < 4.78 is 7.50. The van der Waals surface area contributed by atoms with Crippen molar-refractivity contribution in [2.75, 3.05) is 20.2 Å². The van der Waals surface area contributed by atoms with Crippen LogP contribution in [-0.4, -0.2) is 35.6 Å². The maximum Gasteiger partial charge on any atom is 0.257 e. The first kappa shape index (κ1) is 16.5. The van der Waals surface area contributed by atoms with Crippen molar-refractivity contribution in [3.63, 3.8) is 0 Å². The molecule has 0 atom stereocenters. The first-order valence-corrected chi connectivity index (χ1v) is 8.85. The van der Waals surface area contributed by atoms with Crippen LogP contribution in [0, 0.1) is 0 Å². The summed E-state index contributed by atoms with van der Waals surface area (Å²) in [5, 5.41) is 1.27. The van der Waals surface area contributed by atoms with Crippen molar-refractivity contribution < 1.29 is 9.53 Å². The largest absolute Gasteiger partial charge is 0.496 e. The maximum absolute atomic E-state index is 12.9. The Kier molecular flexibility index (Phi) is 4.25. The molecule has 1 amide bonds. The Morgan fingerprint density at radius 2 is 1.85 bits per heavy atom. The van der Waals surface area contributed by atoms with Crippen molar-refractivity contribution in [2.45, 2.75) is 6.42 Å². The Hall–Kier alpha value is -3.01. The van der Waals surface area contributed by atoms with E-state index in [1.807, 2.05) is 29.2 Å². The smallest absolute Gasteiger partial charge is 0.257 e. The summed E-state index contributed by atoms with van der Waals surface area (Å²) in [6.07, 6.45) is 5.22. The summed E-state index contributed by atoms with van der Waals surface area (Å²) in [6, 6.07) is 15.8. The molecule has 0 N–H and O–H groups in total. The fourth-order valence-electron chi connectivity index (χ4n) is 3.69. The van der Waals surface area contributed by atoms with Gasteiger partial charge in [-0.2, -0.15) is 0 Å². The minimum Gasteiger partial charge on any atom is -0.496 e. The Labute approximate surface area is 153 Å². The summed E-state index contributed by atoms with van der Waals surface area (Å²) in [7, 11) is 3.67. The lowest BCUT2D eigenvalue weighted by atomic mass is 9.98. The number of amides is 1. The van der Waals surface area contributed by atoms with Gasteiger partial charge >= 0.3 is 0 Å². The number of carbonyl (C=O) groups is 1. The molecule has 0 fully saturated rings. The normalized spacial score (nSPS) is 14.4. The molecule has 0 spiro atoms. The van der Waals surface area contributed by atoms with E-state index in [1.54, 1.807) is 7.11 Å². The topological polar surface area (TPSA) is 34.5 Å². The van der Waals surface area contributed by atoms with E-state index in [0.717, 1.165) is 6.42 Å². The monoisotopic (exact) mass is 346 g/mol. The first-order valence-electron chi connectivity index (χ1n) is 8.85. The van der Waals surface area contributed by atoms with Gasteiger partial charge in [-0.15, -0.1) is 0 Å². The molecule has 0 radical (unpaired) electrons. The van der Waals surface area contributed by atoms with Gasteiger partial charge in [-0.3, -0.25) is 4.79 Å². The molecule has 3 aromatic rings. The van der Waals surface area contributed by atoms with E-state index in [9.17, 15) is 4.79 Å². The first-order chi connectivity index (χ1) is 12.7. The van der Waals surface area contributed by atoms with Crippen LogP contribution in [0.25, 0.3) is 16.5 Å². The van der Waals surface area contributed by atoms with E-state index in [-0.39, 0.29) is 5.91 Å². The fourth-order valence-corrected chi connectivity index (χ4v) is 3.69. The average molecular weight is 346 g/mol. The number of fused-ring (bicyclic) bond motifs is 1. The summed E-state index contributed by atoms with van der Waals surface area (Å²) in [6.45, 7) is 1.33. The van der Waals surface area contributed by atoms with E-state index in [0.29, 0.717) is 24.4 Å². The molecular formula is C22H22N2O2. The number of hydrogen-bond acceptors (Lipinski definition) is 2. The number of nitrogens with zero attached hydrogens (tertiary/aromatic N) is 2. The van der Waals surface area contributed by atoms with E-state index in [1.165, 1.54) is 22.0 Å². The molecule has 132 valence electrons. The molecule has 1 aliphatic rings. The Morgan fingerprint density at radius 1 is 1.08 bits per heavy atom. The highest BCUT2D eigenvalue weighted by Gasteiger charge is 2.22. The van der Waals surface area contributed by atoms with Crippen LogP contribution >= 0.6 is 0 Å². The summed E-state index contributed by atoms with van der Waals surface area (Å²) in [5.41, 5.74) is 4.44. The zero-order chi connectivity index (χ0) is 18.1. The average Bonchev–Trinajstić information content (AvgIpc) is 3.04. The highest BCUT2D eigenvalue weighted by atomic mass is 16.5. The van der Waals surface area contributed by atoms with Gasteiger partial charge in [0.05, 0.1) is 12.7 Å². The standard InChI is InChI=1S/C22H22N2O2/c1-23-15-19(17-7-3-5-9-20(17)23)16-11-13-24(14-12-16)22(25)18-8-4-6-10-21(18)26-2/h3-11,15H,12-14H2,1-2H3. The third-order valence-electron chi connectivity index (χ3n) is 5.08. The predicted octanol–water partition coefficient (Wildman–Crippen LogP) is 4.12. The minimum atomic E-state index is 0.0238. The second kappa shape index (κ2) is 6.71. The van der Waals surface area contributed by atoms with Gasteiger partial charge in [0.2, 0.25) is 0 Å². The van der Waals surface area contributed by atoms with Crippen molar-refractivity contribution in [3.8, 4) is 5.75 Å². The molecule has 26 heavy (non-hydrogen) atoms. The number of aryl methyl sites for hydroxylation is 1. The van der Waals surface area contributed by atoms with Gasteiger partial charge in [0.1, 0.15) is 5.75 Å². The molecule has 2 aromatic carbocycles. The molecule has 4 rings (SSSR count). The number of para-hydroxylation sites is 2. The van der Waals surface area contributed by atoms with E-state index < -0.39 is 0 Å². The SMILES string of the molecule is COc1ccccc1C(=O)N1CC=C(c2cn(C)c3ccccc23)CC1. The molecule has 1 aliphatic heterocycles. The van der Waals surface area contributed by atoms with Gasteiger partial charge in [-0.25, -0.2) is 0 Å². The van der Waals surface area contributed by atoms with Gasteiger partial charge in [-0.05, 0) is 30.2 Å². The van der Waals surface area contributed by atoms with Gasteiger partial charge in [0, 0.05) is 42.8 Å². The molecule has 4 nitrogen and oxygen atoms in total. The van der Waals surface area contributed by atoms with Gasteiger partial charge in [0.15, 0.2) is 0 Å². The number of rotatable bonds is 3. The molecule has 0 saturated heterocycles. The lowest BCUT2D eigenvalue weighted by Gasteiger charge is -2.27. The van der Waals surface area contributed by atoms with E-state index >= 15 is 0 Å². The van der Waals surface area contributed by atoms with Crippen LogP contribution in [0.2, 0.25) is 0 Å². The van der Waals surface area contributed by atoms with Crippen molar-refractivity contribution >= 4 is 22.4 Å². The lowest BCUT2D eigenvalue weighted by Crippen LogP contribution is -2.34. The van der Waals surface area contributed by atoms with E-state index in [4.69, 9.17) is 4.74 Å². The molecule has 2 heterocycles. The van der Waals surface area contributed by atoms with Crippen LogP contribution in [0.15, 0.2) is 60.8 Å². The molecule has 1 aromatic heterocycles. The molecule has 4 heteroatoms. The number of ether oxygens (including phenoxy) is 1. The fraction of sp³-hybridized carbons (Fsp3) is 0.227. The highest BCUT2D eigenvalue weighted by molar-refractivity contribution is 5.98. The van der Waals surface area contributed by atoms with Gasteiger partial charge in [0.25, 0.3) is 5.91 Å². The van der Waals surface area contributed by atoms with Crippen LogP contribution in [0.5, 0.6) is 5.75 Å². The molecule has 0 aliphatic carbocycles. The van der Waals surface area contributed by atoms with Crippen molar-refractivity contribution in [3.05, 3.63) is 71.9 Å². The molecule has 0 bridgehead atoms. The molecule has 0 unspecified atom stereocenters. The van der Waals surface area contributed by atoms with Crippen LogP contribution in [0.4, 0.5) is 0 Å². The number of aromatic nitrogens is 1. The summed E-state index contributed by atoms with van der Waals surface area (Å²) in [5.74, 6) is 0.650. The highest BCUT2D eigenvalue weighted by Crippen LogP contribution is 2.31. The quantitative estimate of drug-likeness (QED) is 0.715. The Bertz CT molecular complexity index is 1000. The van der Waals surface area contributed by atoms with Crippen LogP contribution in [-0.2, 0) is 7.05 Å². The van der Waals surface area contributed by atoms with Crippen molar-refractivity contribution in [1.82, 2.24) is 9.47 Å². The zero-order valence-electron chi connectivity index (χ0n) is 15.1. The summed E-state index contributed by atoms with van der Waals surface area (Å²) in [4.78, 5) is 14.7. The van der Waals surface area contributed by atoms with Crippen LogP contribution in [0.3, 0.4) is 0 Å². The molecular weight excluding hydrogens is 324 g/mol. The van der Waals surface area contributed by atoms with Crippen molar-refractivity contribution in [2.24, 2.45) is 7.05 Å². The Balaban J connectivity index is 1.59. The van der Waals surface area contributed by atoms with Crippen molar-refractivity contribution in [1.29, 1.82) is 0 Å². The van der Waals surface area contributed by atoms with Gasteiger partial charge < -0.3 is 14.2 Å². The second-order valence-electron chi connectivity index (χ2n) is 6.60. The van der Waals surface area contributed by atoms with Crippen LogP contribution in [0.1, 0.15) is 22.3 Å². The summed E-state index contributed by atoms with van der Waals surface area (Å²) >= 11 is 0. The minimum absolute atomic E-state index is 0.0238. The Morgan fingerprint density at radius 3 is 2.62 bits per heavy atom. The van der Waals surface area contributed by atoms with Crippen LogP contribution < -0.4 is 4.74 Å².